The molecule has 0 bridgehead atoms. The van der Waals surface area contributed by atoms with Crippen molar-refractivity contribution in [3.8, 4) is 5.75 Å². The fraction of sp³-hybridized carbons (Fsp3) is 0.441. The van der Waals surface area contributed by atoms with E-state index in [1.54, 1.807) is 11.8 Å². The summed E-state index contributed by atoms with van der Waals surface area (Å²) in [4.78, 5) is 14.0. The summed E-state index contributed by atoms with van der Waals surface area (Å²) in [5, 5.41) is 12.5. The smallest absolute Gasteiger partial charge is 0.306 e. The number of unbranched alkanes of at least 4 members (excludes halogenated alkanes) is 2. The molecular weight excluding hydrogens is 504 g/mol. The quantitative estimate of drug-likeness (QED) is 0.207. The van der Waals surface area contributed by atoms with E-state index in [1.807, 2.05) is 45.0 Å². The van der Waals surface area contributed by atoms with Gasteiger partial charge in [-0.05, 0) is 88.0 Å². The average molecular weight is 545 g/mol. The van der Waals surface area contributed by atoms with Gasteiger partial charge < -0.3 is 14.6 Å². The number of rotatable bonds is 8. The van der Waals surface area contributed by atoms with Crippen LogP contribution in [-0.2, 0) is 15.1 Å². The third-order valence-corrected chi connectivity index (χ3v) is 9.09. The molecule has 5 heteroatoms. The monoisotopic (exact) mass is 544 g/mol. The summed E-state index contributed by atoms with van der Waals surface area (Å²) in [5.74, 6) is 1.03. The van der Waals surface area contributed by atoms with Gasteiger partial charge in [-0.25, -0.2) is 0 Å². The lowest BCUT2D eigenvalue weighted by Crippen LogP contribution is -2.36. The van der Waals surface area contributed by atoms with Crippen molar-refractivity contribution in [1.29, 1.82) is 0 Å². The number of benzene rings is 2. The van der Waals surface area contributed by atoms with Crippen LogP contribution in [0.5, 0.6) is 5.75 Å². The molecule has 0 aromatic heterocycles. The van der Waals surface area contributed by atoms with Gasteiger partial charge in [0, 0.05) is 27.3 Å². The molecule has 3 atom stereocenters. The van der Waals surface area contributed by atoms with Crippen LogP contribution in [-0.4, -0.2) is 23.3 Å². The van der Waals surface area contributed by atoms with E-state index in [9.17, 15) is 9.90 Å². The number of carbonyl (C=O) groups excluding carboxylic acids is 1. The Morgan fingerprint density at radius 2 is 1.85 bits per heavy atom. The molecule has 0 fully saturated rings. The standard InChI is InChI=1S/C34H40O4S/c1-32(2,3)38-31(35)15-6-5-11-21-37-26-16-17-28-30(23-26)39-29-14-8-7-13-27(29)34(28,36)25-18-20-33(4)19-10-9-12-24(33)22-25/h7-10,13-14,16-18,20,22-24,36H,5-6,11-12,15,19,21H2,1-4H3/t24?,33-,34?/m0/s1. The molecule has 0 saturated carbocycles. The minimum atomic E-state index is -1.21. The van der Waals surface area contributed by atoms with E-state index in [1.165, 1.54) is 0 Å². The van der Waals surface area contributed by atoms with Gasteiger partial charge >= 0.3 is 5.97 Å². The molecule has 2 aliphatic carbocycles. The summed E-state index contributed by atoms with van der Waals surface area (Å²) in [6.07, 6.45) is 16.3. The van der Waals surface area contributed by atoms with Gasteiger partial charge in [-0.2, -0.15) is 0 Å². The first-order chi connectivity index (χ1) is 18.6. The van der Waals surface area contributed by atoms with E-state index in [0.717, 1.165) is 64.3 Å². The minimum absolute atomic E-state index is 0.102. The summed E-state index contributed by atoms with van der Waals surface area (Å²) in [7, 11) is 0. The second-order valence-corrected chi connectivity index (χ2v) is 13.3. The number of hydrogen-bond donors (Lipinski definition) is 1. The molecule has 0 radical (unpaired) electrons. The van der Waals surface area contributed by atoms with E-state index in [-0.39, 0.29) is 11.4 Å². The van der Waals surface area contributed by atoms with Crippen LogP contribution in [0.1, 0.15) is 77.3 Å². The first kappa shape index (κ1) is 27.8. The maximum atomic E-state index is 12.5. The predicted molar refractivity (Wildman–Crippen MR) is 157 cm³/mol. The molecule has 5 rings (SSSR count). The van der Waals surface area contributed by atoms with Gasteiger partial charge in [0.1, 0.15) is 17.0 Å². The molecule has 4 nitrogen and oxygen atoms in total. The van der Waals surface area contributed by atoms with Gasteiger partial charge in [0.15, 0.2) is 0 Å². The van der Waals surface area contributed by atoms with Crippen molar-refractivity contribution in [1.82, 2.24) is 0 Å². The van der Waals surface area contributed by atoms with E-state index >= 15 is 0 Å². The van der Waals surface area contributed by atoms with Crippen LogP contribution < -0.4 is 4.74 Å². The highest BCUT2D eigenvalue weighted by atomic mass is 32.2. The number of esters is 1. The molecule has 1 heterocycles. The Morgan fingerprint density at radius 3 is 2.67 bits per heavy atom. The van der Waals surface area contributed by atoms with Crippen LogP contribution in [0.25, 0.3) is 0 Å². The van der Waals surface area contributed by atoms with Crippen molar-refractivity contribution in [2.24, 2.45) is 11.3 Å². The molecule has 0 spiro atoms. The van der Waals surface area contributed by atoms with Crippen molar-refractivity contribution in [3.63, 3.8) is 0 Å². The highest BCUT2D eigenvalue weighted by molar-refractivity contribution is 7.99. The molecule has 206 valence electrons. The number of fused-ring (bicyclic) bond motifs is 3. The fourth-order valence-electron chi connectivity index (χ4n) is 5.78. The normalized spacial score (nSPS) is 25.3. The van der Waals surface area contributed by atoms with Crippen LogP contribution in [0.15, 0.2) is 88.2 Å². The van der Waals surface area contributed by atoms with Crippen LogP contribution in [0, 0.1) is 11.3 Å². The highest BCUT2D eigenvalue weighted by Gasteiger charge is 2.44. The molecule has 2 aromatic rings. The van der Waals surface area contributed by atoms with Gasteiger partial charge in [-0.3, -0.25) is 4.79 Å². The van der Waals surface area contributed by atoms with Gasteiger partial charge in [-0.15, -0.1) is 0 Å². The maximum Gasteiger partial charge on any atom is 0.306 e. The van der Waals surface area contributed by atoms with Crippen LogP contribution in [0.4, 0.5) is 0 Å². The van der Waals surface area contributed by atoms with Gasteiger partial charge in [0.05, 0.1) is 6.61 Å². The molecule has 2 unspecified atom stereocenters. The molecule has 1 N–H and O–H groups in total. The summed E-state index contributed by atoms with van der Waals surface area (Å²) < 4.78 is 11.5. The molecule has 0 saturated heterocycles. The molecule has 0 amide bonds. The topological polar surface area (TPSA) is 55.8 Å². The second-order valence-electron chi connectivity index (χ2n) is 12.2. The third kappa shape index (κ3) is 5.90. The molecule has 39 heavy (non-hydrogen) atoms. The van der Waals surface area contributed by atoms with Gasteiger partial charge in [-0.1, -0.05) is 73.3 Å². The summed E-state index contributed by atoms with van der Waals surface area (Å²) in [5.41, 5.74) is 1.25. The van der Waals surface area contributed by atoms with Crippen LogP contribution in [0.3, 0.4) is 0 Å². The predicted octanol–water partition coefficient (Wildman–Crippen LogP) is 8.14. The summed E-state index contributed by atoms with van der Waals surface area (Å²) in [6, 6.07) is 14.2. The Hall–Kier alpha value is -2.76. The van der Waals surface area contributed by atoms with Crippen LogP contribution >= 0.6 is 11.8 Å². The SMILES string of the molecule is CC(C)(C)OC(=O)CCCCCOc1ccc2c(c1)Sc1ccccc1C2(O)C1=CC2CC=CC[C@@]2(C)C=C1. The second kappa shape index (κ2) is 11.0. The molecule has 1 aliphatic heterocycles. The lowest BCUT2D eigenvalue weighted by Gasteiger charge is -2.43. The summed E-state index contributed by atoms with van der Waals surface area (Å²) in [6.45, 7) is 8.57. The Labute approximate surface area is 237 Å². The van der Waals surface area contributed by atoms with E-state index in [0.29, 0.717) is 18.9 Å². The Bertz CT molecular complexity index is 1320. The maximum absolute atomic E-state index is 12.5. The van der Waals surface area contributed by atoms with Crippen molar-refractivity contribution >= 4 is 17.7 Å². The van der Waals surface area contributed by atoms with Crippen molar-refractivity contribution in [2.45, 2.75) is 87.2 Å². The average Bonchev–Trinajstić information content (AvgIpc) is 2.89. The molecular formula is C34H40O4S. The molecule has 2 aromatic carbocycles. The largest absolute Gasteiger partial charge is 0.494 e. The van der Waals surface area contributed by atoms with Crippen molar-refractivity contribution < 1.29 is 19.4 Å². The number of hydrogen-bond acceptors (Lipinski definition) is 5. The Balaban J connectivity index is 1.30. The first-order valence-electron chi connectivity index (χ1n) is 14.1. The fourth-order valence-corrected chi connectivity index (χ4v) is 6.99. The minimum Gasteiger partial charge on any atom is -0.494 e. The lowest BCUT2D eigenvalue weighted by atomic mass is 9.64. The summed E-state index contributed by atoms with van der Waals surface area (Å²) >= 11 is 1.69. The third-order valence-electron chi connectivity index (χ3n) is 7.96. The van der Waals surface area contributed by atoms with E-state index < -0.39 is 11.2 Å². The number of carbonyl (C=O) groups is 1. The zero-order valence-electron chi connectivity index (χ0n) is 23.5. The van der Waals surface area contributed by atoms with Crippen molar-refractivity contribution in [3.05, 3.63) is 89.5 Å². The number of ether oxygens (including phenoxy) is 2. The lowest BCUT2D eigenvalue weighted by molar-refractivity contribution is -0.154. The number of aliphatic hydroxyl groups is 1. The van der Waals surface area contributed by atoms with Gasteiger partial charge in [0.2, 0.25) is 0 Å². The molecule has 3 aliphatic rings. The highest BCUT2D eigenvalue weighted by Crippen LogP contribution is 2.54. The zero-order chi connectivity index (χ0) is 27.7. The van der Waals surface area contributed by atoms with Crippen LogP contribution in [0.2, 0.25) is 0 Å². The Kier molecular flexibility index (Phi) is 7.85. The van der Waals surface area contributed by atoms with Gasteiger partial charge in [0.25, 0.3) is 0 Å². The Morgan fingerprint density at radius 1 is 1.05 bits per heavy atom. The van der Waals surface area contributed by atoms with E-state index in [4.69, 9.17) is 9.47 Å². The number of allylic oxidation sites excluding steroid dienone is 4. The zero-order valence-corrected chi connectivity index (χ0v) is 24.4. The van der Waals surface area contributed by atoms with E-state index in [2.05, 4.69) is 55.5 Å². The first-order valence-corrected chi connectivity index (χ1v) is 15.0. The van der Waals surface area contributed by atoms with Crippen molar-refractivity contribution in [2.75, 3.05) is 6.61 Å².